The van der Waals surface area contributed by atoms with Gasteiger partial charge in [0.2, 0.25) is 0 Å². The van der Waals surface area contributed by atoms with Crippen LogP contribution < -0.4 is 0 Å². The van der Waals surface area contributed by atoms with E-state index in [0.29, 0.717) is 5.02 Å². The maximum atomic E-state index is 10.7. The summed E-state index contributed by atoms with van der Waals surface area (Å²) in [5.74, 6) is -2.48. The summed E-state index contributed by atoms with van der Waals surface area (Å²) in [6.45, 7) is 0. The molecule has 0 radical (unpaired) electrons. The van der Waals surface area contributed by atoms with E-state index in [0.717, 1.165) is 0 Å². The van der Waals surface area contributed by atoms with Crippen molar-refractivity contribution in [3.8, 4) is 6.07 Å². The Balaban J connectivity index is 3.19. The van der Waals surface area contributed by atoms with Crippen molar-refractivity contribution in [3.63, 3.8) is 0 Å². The smallest absolute Gasteiger partial charge is 0.325 e. The number of carboxylic acid groups (broad SMARTS) is 1. The monoisotopic (exact) mass is 229 g/mol. The molecule has 0 saturated heterocycles. The molecule has 0 amide bonds. The molecular formula is C9H5Cl2NO2. The zero-order valence-corrected chi connectivity index (χ0v) is 8.38. The molecule has 1 aromatic rings. The van der Waals surface area contributed by atoms with Crippen LogP contribution in [0.5, 0.6) is 0 Å². The summed E-state index contributed by atoms with van der Waals surface area (Å²) < 4.78 is 0. The standard InChI is InChI=1S/C9H5Cl2NO2/c10-5-1-2-6(8(11)3-5)7(4-12)9(13)14/h1-3,7H,(H,13,14). The fraction of sp³-hybridized carbons (Fsp3) is 0.111. The van der Waals surface area contributed by atoms with Crippen LogP contribution in [-0.2, 0) is 4.79 Å². The fourth-order valence-electron chi connectivity index (χ4n) is 0.993. The third-order valence-corrected chi connectivity index (χ3v) is 2.21. The lowest BCUT2D eigenvalue weighted by Crippen LogP contribution is -2.09. The number of aliphatic carboxylic acids is 1. The van der Waals surface area contributed by atoms with Gasteiger partial charge in [-0.15, -0.1) is 0 Å². The fourth-order valence-corrected chi connectivity index (χ4v) is 1.51. The topological polar surface area (TPSA) is 61.1 Å². The quantitative estimate of drug-likeness (QED) is 0.849. The Kier molecular flexibility index (Phi) is 3.34. The average molecular weight is 230 g/mol. The normalized spacial score (nSPS) is 11.8. The molecule has 1 N–H and O–H groups in total. The van der Waals surface area contributed by atoms with Crippen LogP contribution in [0.15, 0.2) is 18.2 Å². The minimum Gasteiger partial charge on any atom is -0.480 e. The summed E-state index contributed by atoms with van der Waals surface area (Å²) in [6, 6.07) is 5.99. The molecule has 1 rings (SSSR count). The van der Waals surface area contributed by atoms with Crippen molar-refractivity contribution in [1.82, 2.24) is 0 Å². The van der Waals surface area contributed by atoms with Gasteiger partial charge in [0.15, 0.2) is 5.92 Å². The van der Waals surface area contributed by atoms with Crippen molar-refractivity contribution >= 4 is 29.2 Å². The lowest BCUT2D eigenvalue weighted by Gasteiger charge is -2.06. The Labute approximate surface area is 90.5 Å². The first-order valence-electron chi connectivity index (χ1n) is 3.63. The second-order valence-corrected chi connectivity index (χ2v) is 3.41. The van der Waals surface area contributed by atoms with Crippen LogP contribution in [0.1, 0.15) is 11.5 Å². The SMILES string of the molecule is N#CC(C(=O)O)c1ccc(Cl)cc1Cl. The number of halogens is 2. The van der Waals surface area contributed by atoms with E-state index in [4.69, 9.17) is 33.6 Å². The highest BCUT2D eigenvalue weighted by Crippen LogP contribution is 2.27. The molecule has 3 nitrogen and oxygen atoms in total. The van der Waals surface area contributed by atoms with Gasteiger partial charge in [0.1, 0.15) is 0 Å². The molecule has 1 unspecified atom stereocenters. The van der Waals surface area contributed by atoms with Gasteiger partial charge in [0.25, 0.3) is 0 Å². The number of hydrogen-bond acceptors (Lipinski definition) is 2. The van der Waals surface area contributed by atoms with Crippen LogP contribution in [0.2, 0.25) is 10.0 Å². The predicted molar refractivity (Wildman–Crippen MR) is 52.5 cm³/mol. The number of rotatable bonds is 2. The summed E-state index contributed by atoms with van der Waals surface area (Å²) in [6.07, 6.45) is 0. The molecule has 0 aliphatic carbocycles. The Bertz CT molecular complexity index is 412. The van der Waals surface area contributed by atoms with Crippen LogP contribution in [-0.4, -0.2) is 11.1 Å². The van der Waals surface area contributed by atoms with E-state index in [9.17, 15) is 4.79 Å². The molecule has 0 aliphatic heterocycles. The van der Waals surface area contributed by atoms with Crippen molar-refractivity contribution < 1.29 is 9.90 Å². The molecule has 0 fully saturated rings. The van der Waals surface area contributed by atoms with E-state index in [1.54, 1.807) is 6.07 Å². The molecule has 0 saturated carbocycles. The lowest BCUT2D eigenvalue weighted by molar-refractivity contribution is -0.137. The van der Waals surface area contributed by atoms with Crippen LogP contribution in [0.4, 0.5) is 0 Å². The first kappa shape index (κ1) is 10.8. The Morgan fingerprint density at radius 2 is 2.14 bits per heavy atom. The molecule has 0 spiro atoms. The molecule has 0 aliphatic rings. The van der Waals surface area contributed by atoms with Gasteiger partial charge in [-0.1, -0.05) is 29.3 Å². The minimum absolute atomic E-state index is 0.187. The van der Waals surface area contributed by atoms with Gasteiger partial charge in [-0.05, 0) is 17.7 Å². The first-order valence-corrected chi connectivity index (χ1v) is 4.39. The first-order chi connectivity index (χ1) is 6.56. The number of benzene rings is 1. The van der Waals surface area contributed by atoms with E-state index in [2.05, 4.69) is 0 Å². The third-order valence-electron chi connectivity index (χ3n) is 1.65. The van der Waals surface area contributed by atoms with Gasteiger partial charge >= 0.3 is 5.97 Å². The minimum atomic E-state index is -1.25. The van der Waals surface area contributed by atoms with Crippen LogP contribution in [0.25, 0.3) is 0 Å². The molecule has 1 atom stereocenters. The molecule has 14 heavy (non-hydrogen) atoms. The predicted octanol–water partition coefficient (Wildman–Crippen LogP) is 2.69. The Morgan fingerprint density at radius 1 is 1.50 bits per heavy atom. The van der Waals surface area contributed by atoms with Crippen molar-refractivity contribution in [1.29, 1.82) is 5.26 Å². The summed E-state index contributed by atoms with van der Waals surface area (Å²) in [7, 11) is 0. The summed E-state index contributed by atoms with van der Waals surface area (Å²) in [4.78, 5) is 10.7. The van der Waals surface area contributed by atoms with Crippen LogP contribution in [0, 0.1) is 11.3 Å². The van der Waals surface area contributed by atoms with E-state index >= 15 is 0 Å². The van der Waals surface area contributed by atoms with E-state index in [1.165, 1.54) is 18.2 Å². The van der Waals surface area contributed by atoms with E-state index in [-0.39, 0.29) is 10.6 Å². The molecule has 0 aromatic heterocycles. The third kappa shape index (κ3) is 2.16. The summed E-state index contributed by atoms with van der Waals surface area (Å²) >= 11 is 11.4. The van der Waals surface area contributed by atoms with Crippen molar-refractivity contribution in [2.75, 3.05) is 0 Å². The van der Waals surface area contributed by atoms with Gasteiger partial charge < -0.3 is 5.11 Å². The Hall–Kier alpha value is -1.24. The van der Waals surface area contributed by atoms with Crippen molar-refractivity contribution in [2.24, 2.45) is 0 Å². The summed E-state index contributed by atoms with van der Waals surface area (Å²) in [5, 5.41) is 17.9. The van der Waals surface area contributed by atoms with Gasteiger partial charge in [-0.2, -0.15) is 5.26 Å². The van der Waals surface area contributed by atoms with Gasteiger partial charge in [0, 0.05) is 10.0 Å². The second-order valence-electron chi connectivity index (χ2n) is 2.57. The highest BCUT2D eigenvalue weighted by molar-refractivity contribution is 6.35. The van der Waals surface area contributed by atoms with Crippen LogP contribution in [0.3, 0.4) is 0 Å². The molecule has 0 heterocycles. The van der Waals surface area contributed by atoms with Crippen molar-refractivity contribution in [3.05, 3.63) is 33.8 Å². The number of hydrogen-bond donors (Lipinski definition) is 1. The van der Waals surface area contributed by atoms with E-state index < -0.39 is 11.9 Å². The molecular weight excluding hydrogens is 225 g/mol. The largest absolute Gasteiger partial charge is 0.480 e. The van der Waals surface area contributed by atoms with Crippen LogP contribution >= 0.6 is 23.2 Å². The van der Waals surface area contributed by atoms with E-state index in [1.807, 2.05) is 0 Å². The molecule has 72 valence electrons. The van der Waals surface area contributed by atoms with Gasteiger partial charge in [-0.25, -0.2) is 0 Å². The number of nitrogens with zero attached hydrogens (tertiary/aromatic N) is 1. The molecule has 0 bridgehead atoms. The van der Waals surface area contributed by atoms with Gasteiger partial charge in [0.05, 0.1) is 6.07 Å². The maximum absolute atomic E-state index is 10.7. The maximum Gasteiger partial charge on any atom is 0.325 e. The zero-order chi connectivity index (χ0) is 10.7. The van der Waals surface area contributed by atoms with Gasteiger partial charge in [-0.3, -0.25) is 4.79 Å². The molecule has 5 heteroatoms. The summed E-state index contributed by atoms with van der Waals surface area (Å²) in [5.41, 5.74) is 0.256. The highest BCUT2D eigenvalue weighted by atomic mass is 35.5. The number of carboxylic acids is 1. The lowest BCUT2D eigenvalue weighted by atomic mass is 10.0. The Morgan fingerprint density at radius 3 is 2.57 bits per heavy atom. The highest BCUT2D eigenvalue weighted by Gasteiger charge is 2.21. The average Bonchev–Trinajstić information content (AvgIpc) is 2.09. The number of nitriles is 1. The molecule has 1 aromatic carbocycles. The zero-order valence-electron chi connectivity index (χ0n) is 6.87. The van der Waals surface area contributed by atoms with Crippen molar-refractivity contribution in [2.45, 2.75) is 5.92 Å². The number of carbonyl (C=O) groups is 1. The second kappa shape index (κ2) is 4.32.